The molecule has 606 valence electrons. The quantitative estimate of drug-likeness (QED) is 0.0505. The third kappa shape index (κ3) is 23.7. The van der Waals surface area contributed by atoms with Gasteiger partial charge in [-0.15, -0.1) is 0 Å². The van der Waals surface area contributed by atoms with Gasteiger partial charge in [0.25, 0.3) is 0 Å². The highest BCUT2D eigenvalue weighted by Crippen LogP contribution is 2.35. The lowest BCUT2D eigenvalue weighted by Crippen LogP contribution is -2.62. The van der Waals surface area contributed by atoms with E-state index >= 15 is 33.2 Å². The fraction of sp³-hybridized carbons (Fsp3) is 0.565. The van der Waals surface area contributed by atoms with Gasteiger partial charge in [0.15, 0.2) is 11.6 Å². The summed E-state index contributed by atoms with van der Waals surface area (Å²) in [5.74, 6) is -9.03. The van der Waals surface area contributed by atoms with Crippen LogP contribution in [-0.4, -0.2) is 235 Å². The second-order valence-corrected chi connectivity index (χ2v) is 32.2. The Morgan fingerprint density at radius 1 is 0.688 bits per heavy atom. The number of hydrogen-bond donors (Lipinski definition) is 6. The SMILES string of the molecule is COc1ccc(C[C@@H]2NC(=O)[C@H]([C@@H](C)O)NC(=O)[C@@H]3[C@@H]4CCN3C(=O)[C@H]3CC(=O)[C@H](Cc5cccc(c5)CNC(=O)CO4)NC(=O)[C@@H](CCC(=O)CCOCCOCC[N+](C)(C)C)NC(=O)[C@H](C)CC(=O)CCCN(CCCCn4cc(c5cc(F)ccc54)C3)Cc3ccc(cc3)CCCC(=O)[C@]3(C)CCCN3C2=O)cc1. The first-order valence-electron chi connectivity index (χ1n) is 39.8. The number of aliphatic hydroxyl groups is 1. The van der Waals surface area contributed by atoms with Gasteiger partial charge in [0, 0.05) is 107 Å². The number of amides is 7. The molecule has 12 bridgehead atoms. The van der Waals surface area contributed by atoms with E-state index in [0.29, 0.717) is 123 Å². The minimum Gasteiger partial charge on any atom is -0.497 e. The Kier molecular flexibility index (Phi) is 30.5. The highest BCUT2D eigenvalue weighted by molar-refractivity contribution is 6.00. The van der Waals surface area contributed by atoms with Crippen LogP contribution in [0.15, 0.2) is 97.2 Å². The number of benzene rings is 4. The first-order chi connectivity index (χ1) is 53.6. The Morgan fingerprint density at radius 3 is 2.16 bits per heavy atom. The second kappa shape index (κ2) is 40.1. The van der Waals surface area contributed by atoms with Crippen molar-refractivity contribution in [1.29, 1.82) is 0 Å². The van der Waals surface area contributed by atoms with Gasteiger partial charge in [-0.05, 0) is 161 Å². The lowest BCUT2D eigenvalue weighted by atomic mass is 9.88. The van der Waals surface area contributed by atoms with Gasteiger partial charge in [0.1, 0.15) is 60.5 Å². The molecule has 11 atom stereocenters. The van der Waals surface area contributed by atoms with Gasteiger partial charge in [-0.25, -0.2) is 4.39 Å². The van der Waals surface area contributed by atoms with Crippen LogP contribution in [0.1, 0.15) is 144 Å². The van der Waals surface area contributed by atoms with Crippen molar-refractivity contribution >= 4 is 75.4 Å². The molecule has 11 rings (SSSR count). The summed E-state index contributed by atoms with van der Waals surface area (Å²) in [6, 6.07) is 18.6. The number of aliphatic hydroxyl groups excluding tert-OH is 1. The van der Waals surface area contributed by atoms with Gasteiger partial charge in [0.05, 0.1) is 78.5 Å². The summed E-state index contributed by atoms with van der Waals surface area (Å²) in [7, 11) is 7.68. The van der Waals surface area contributed by atoms with Gasteiger partial charge < -0.3 is 69.5 Å². The first-order valence-corrected chi connectivity index (χ1v) is 39.8. The maximum absolute atomic E-state index is 16.3. The maximum atomic E-state index is 16.3. The largest absolute Gasteiger partial charge is 0.497 e. The molecule has 6 aliphatic rings. The number of aromatic nitrogens is 1. The summed E-state index contributed by atoms with van der Waals surface area (Å²) in [5.41, 5.74) is 3.59. The minimum atomic E-state index is -1.81. The van der Waals surface area contributed by atoms with E-state index in [1.54, 1.807) is 68.4 Å². The number of fused-ring (bicyclic) bond motifs is 16. The molecule has 4 aromatic carbocycles. The zero-order chi connectivity index (χ0) is 80.2. The molecule has 6 N–H and O–H groups in total. The van der Waals surface area contributed by atoms with Crippen molar-refractivity contribution in [3.8, 4) is 5.75 Å². The number of nitrogens with zero attached hydrogens (tertiary/aromatic N) is 5. The number of ketones is 4. The smallest absolute Gasteiger partial charge is 0.246 e. The van der Waals surface area contributed by atoms with Gasteiger partial charge in [-0.2, -0.15) is 0 Å². The van der Waals surface area contributed by atoms with E-state index in [1.165, 1.54) is 36.0 Å². The summed E-state index contributed by atoms with van der Waals surface area (Å²) in [4.78, 5) is 170. The fourth-order valence-corrected chi connectivity index (χ4v) is 15.8. The molecule has 0 saturated carbocycles. The molecule has 6 aliphatic heterocycles. The van der Waals surface area contributed by atoms with E-state index in [2.05, 4.69) is 64.8 Å². The standard InChI is InChI=1S/C85H113FN10O16/c1-55-44-66(99)17-12-35-92-34-8-9-36-93-53-63(68-50-64(86)25-30-72(68)93)48-62-49-73(100)70(89-80(104)69(88-79(55)103)29-26-65(98)32-40-110-42-43-111-41-39-96(4,5)6)47-60-15-10-16-61(45-60)51-87-76(102)54-112-74-31-38-94(83(62)107)78(74)82(106)91-77(56(2)97)81(105)90-71(46-58-23-27-67(109-7)28-24-58)84(108)95-37-13-33-85(95,3)75(101)18-11-14-57-19-21-59(52-92)22-20-57/h10,15-16,19-25,27-28,30,45,50,53,55-56,62,69-71,74,77-78,97H,8-9,11-14,17-18,26,29,31-44,46-49,51-52,54H2,1-7H3,(H4-,87,88,89,90,91,102,103,104,105,106)/p+1/t55-,56-,62-,69-,70+,71+,74+,77+,78+,85+/m1/s1. The highest BCUT2D eigenvalue weighted by Gasteiger charge is 2.49. The van der Waals surface area contributed by atoms with Crippen molar-refractivity contribution in [2.75, 3.05) is 94.0 Å². The van der Waals surface area contributed by atoms with Crippen LogP contribution in [0.5, 0.6) is 5.75 Å². The Morgan fingerprint density at radius 2 is 1.41 bits per heavy atom. The van der Waals surface area contributed by atoms with Gasteiger partial charge in [0.2, 0.25) is 41.4 Å². The fourth-order valence-electron chi connectivity index (χ4n) is 15.8. The lowest BCUT2D eigenvalue weighted by Gasteiger charge is -2.37. The van der Waals surface area contributed by atoms with Crippen molar-refractivity contribution in [1.82, 2.24) is 45.9 Å². The molecule has 26 nitrogen and oxygen atoms in total. The molecule has 27 heteroatoms. The van der Waals surface area contributed by atoms with E-state index in [1.807, 2.05) is 22.9 Å². The number of ether oxygens (including phenoxy) is 4. The maximum Gasteiger partial charge on any atom is 0.246 e. The molecule has 112 heavy (non-hydrogen) atoms. The van der Waals surface area contributed by atoms with E-state index in [9.17, 15) is 29.1 Å². The molecule has 2 fully saturated rings. The van der Waals surface area contributed by atoms with Crippen LogP contribution in [0.4, 0.5) is 4.39 Å². The summed E-state index contributed by atoms with van der Waals surface area (Å²) >= 11 is 0. The van der Waals surface area contributed by atoms with Crippen LogP contribution in [0.25, 0.3) is 10.9 Å². The number of Topliss-reactive ketones (excluding diaryl/α,β-unsaturated/α-hetero) is 4. The molecular weight excluding hydrogens is 1440 g/mol. The summed E-state index contributed by atoms with van der Waals surface area (Å²) in [6.07, 6.45) is 1.14. The second-order valence-electron chi connectivity index (χ2n) is 32.2. The Balaban J connectivity index is 1.05. The van der Waals surface area contributed by atoms with Gasteiger partial charge >= 0.3 is 0 Å². The van der Waals surface area contributed by atoms with Crippen LogP contribution >= 0.6 is 0 Å². The van der Waals surface area contributed by atoms with Crippen LogP contribution in [0.3, 0.4) is 0 Å². The molecule has 0 radical (unpaired) electrons. The molecule has 7 heterocycles. The van der Waals surface area contributed by atoms with Crippen molar-refractivity contribution < 1.29 is 85.7 Å². The number of likely N-dealkylation sites (N-methyl/N-ethyl adjacent to an activating group) is 1. The van der Waals surface area contributed by atoms with Gasteiger partial charge in [-0.3, -0.25) is 57.6 Å². The zero-order valence-electron chi connectivity index (χ0n) is 66.0. The van der Waals surface area contributed by atoms with Crippen molar-refractivity contribution in [2.24, 2.45) is 11.8 Å². The molecule has 1 unspecified atom stereocenters. The Hall–Kier alpha value is -9.12. The molecule has 0 aliphatic carbocycles. The molecular formula is C85H114FN10O16+. The minimum absolute atomic E-state index is 0.0193. The topological polar surface area (TPSA) is 320 Å². The van der Waals surface area contributed by atoms with Crippen LogP contribution in [0.2, 0.25) is 0 Å². The number of aryl methyl sites for hydroxylation is 2. The normalized spacial score (nSPS) is 25.6. The zero-order valence-corrected chi connectivity index (χ0v) is 66.0. The number of quaternary nitrogens is 1. The van der Waals surface area contributed by atoms with E-state index in [4.69, 9.17) is 18.9 Å². The number of carbonyl (C=O) groups excluding carboxylic acids is 11. The monoisotopic (exact) mass is 1550 g/mol. The number of carbonyl (C=O) groups is 11. The number of nitrogens with one attached hydrogen (secondary N) is 5. The Labute approximate surface area is 655 Å². The Bertz CT molecular complexity index is 4140. The molecule has 2 saturated heterocycles. The van der Waals surface area contributed by atoms with E-state index < -0.39 is 126 Å². The number of methoxy groups -OCH3 is 1. The van der Waals surface area contributed by atoms with E-state index in [-0.39, 0.29) is 114 Å². The summed E-state index contributed by atoms with van der Waals surface area (Å²) in [5, 5.41) is 26.3. The predicted molar refractivity (Wildman–Crippen MR) is 416 cm³/mol. The summed E-state index contributed by atoms with van der Waals surface area (Å²) in [6.45, 7) is 8.01. The molecule has 5 aromatic rings. The van der Waals surface area contributed by atoms with Crippen LogP contribution in [0, 0.1) is 17.7 Å². The van der Waals surface area contributed by atoms with Crippen molar-refractivity contribution in [3.05, 3.63) is 136 Å². The van der Waals surface area contributed by atoms with E-state index in [0.717, 1.165) is 22.2 Å². The highest BCUT2D eigenvalue weighted by atomic mass is 19.1. The predicted octanol–water partition coefficient (Wildman–Crippen LogP) is 5.77. The van der Waals surface area contributed by atoms with Crippen molar-refractivity contribution in [3.63, 3.8) is 0 Å². The molecule has 0 spiro atoms. The lowest BCUT2D eigenvalue weighted by molar-refractivity contribution is -0.870. The average molecular weight is 1550 g/mol. The first kappa shape index (κ1) is 85.3. The molecule has 1 aromatic heterocycles. The van der Waals surface area contributed by atoms with Crippen LogP contribution in [-0.2, 0) is 112 Å². The summed E-state index contributed by atoms with van der Waals surface area (Å²) < 4.78 is 41.8. The third-order valence-corrected chi connectivity index (χ3v) is 22.4. The molecule has 7 amide bonds. The number of rotatable bonds is 16. The van der Waals surface area contributed by atoms with Crippen LogP contribution < -0.4 is 31.3 Å². The average Bonchev–Trinajstić information content (AvgIpc) is 1.62. The van der Waals surface area contributed by atoms with Crippen molar-refractivity contribution in [2.45, 2.75) is 204 Å². The third-order valence-electron chi connectivity index (χ3n) is 22.4. The van der Waals surface area contributed by atoms with Gasteiger partial charge in [-0.1, -0.05) is 67.6 Å². The number of halogens is 1. The number of hydrogen-bond acceptors (Lipinski definition) is 17.